The summed E-state index contributed by atoms with van der Waals surface area (Å²) >= 11 is 3.26. The van der Waals surface area contributed by atoms with Gasteiger partial charge in [-0.2, -0.15) is 4.98 Å². The molecular formula is C10H8BrFN4. The van der Waals surface area contributed by atoms with E-state index in [4.69, 9.17) is 11.5 Å². The number of hydrogen-bond acceptors (Lipinski definition) is 4. The van der Waals surface area contributed by atoms with Crippen LogP contribution in [0, 0.1) is 5.82 Å². The zero-order valence-corrected chi connectivity index (χ0v) is 9.70. The summed E-state index contributed by atoms with van der Waals surface area (Å²) in [6.45, 7) is 0. The highest BCUT2D eigenvalue weighted by atomic mass is 79.9. The number of rotatable bonds is 1. The van der Waals surface area contributed by atoms with E-state index in [0.29, 0.717) is 11.3 Å². The third kappa shape index (κ3) is 2.11. The third-order valence-electron chi connectivity index (χ3n) is 1.97. The van der Waals surface area contributed by atoms with Crippen molar-refractivity contribution in [2.75, 3.05) is 11.5 Å². The first-order chi connectivity index (χ1) is 7.56. The standard InChI is InChI=1S/C10H8BrFN4/c11-5-1-2-7(12)6(3-5)8-4-9(13)16-10(14)15-8/h1-4H,(H4,13,14,15,16). The largest absolute Gasteiger partial charge is 0.384 e. The summed E-state index contributed by atoms with van der Waals surface area (Å²) in [5, 5.41) is 0. The van der Waals surface area contributed by atoms with Gasteiger partial charge < -0.3 is 11.5 Å². The maximum absolute atomic E-state index is 13.6. The van der Waals surface area contributed by atoms with Gasteiger partial charge in [-0.25, -0.2) is 9.37 Å². The number of hydrogen-bond donors (Lipinski definition) is 2. The predicted octanol–water partition coefficient (Wildman–Crippen LogP) is 2.21. The average molecular weight is 283 g/mol. The highest BCUT2D eigenvalue weighted by Gasteiger charge is 2.09. The zero-order chi connectivity index (χ0) is 11.7. The SMILES string of the molecule is Nc1cc(-c2cc(Br)ccc2F)nc(N)n1. The number of nitrogens with zero attached hydrogens (tertiary/aromatic N) is 2. The summed E-state index contributed by atoms with van der Waals surface area (Å²) in [6, 6.07) is 6.03. The fourth-order valence-corrected chi connectivity index (χ4v) is 1.68. The quantitative estimate of drug-likeness (QED) is 0.841. The van der Waals surface area contributed by atoms with E-state index in [1.807, 2.05) is 0 Å². The molecule has 0 radical (unpaired) electrons. The molecule has 1 aromatic carbocycles. The number of halogens is 2. The molecule has 16 heavy (non-hydrogen) atoms. The van der Waals surface area contributed by atoms with Gasteiger partial charge >= 0.3 is 0 Å². The topological polar surface area (TPSA) is 77.8 Å². The first kappa shape index (κ1) is 10.8. The molecule has 0 unspecified atom stereocenters. The maximum Gasteiger partial charge on any atom is 0.222 e. The Morgan fingerprint density at radius 1 is 1.12 bits per heavy atom. The molecule has 0 amide bonds. The number of benzene rings is 1. The van der Waals surface area contributed by atoms with Crippen LogP contribution in [0.4, 0.5) is 16.2 Å². The Labute approximate surface area is 99.6 Å². The second-order valence-corrected chi connectivity index (χ2v) is 4.08. The molecule has 1 heterocycles. The molecule has 0 spiro atoms. The van der Waals surface area contributed by atoms with Crippen molar-refractivity contribution >= 4 is 27.7 Å². The van der Waals surface area contributed by atoms with Crippen molar-refractivity contribution in [1.82, 2.24) is 9.97 Å². The number of aromatic nitrogens is 2. The predicted molar refractivity (Wildman–Crippen MR) is 64.0 cm³/mol. The van der Waals surface area contributed by atoms with Gasteiger partial charge in [-0.3, -0.25) is 0 Å². The van der Waals surface area contributed by atoms with Crippen LogP contribution in [0.2, 0.25) is 0 Å². The van der Waals surface area contributed by atoms with Gasteiger partial charge in [-0.05, 0) is 18.2 Å². The molecule has 0 aliphatic heterocycles. The van der Waals surface area contributed by atoms with Crippen molar-refractivity contribution in [2.45, 2.75) is 0 Å². The first-order valence-electron chi connectivity index (χ1n) is 4.42. The van der Waals surface area contributed by atoms with Crippen LogP contribution in [0.3, 0.4) is 0 Å². The molecule has 4 N–H and O–H groups in total. The molecule has 0 saturated heterocycles. The minimum Gasteiger partial charge on any atom is -0.384 e. The summed E-state index contributed by atoms with van der Waals surface area (Å²) in [5.74, 6) is -0.156. The molecule has 0 saturated carbocycles. The molecule has 6 heteroatoms. The van der Waals surface area contributed by atoms with Crippen molar-refractivity contribution in [2.24, 2.45) is 0 Å². The molecular weight excluding hydrogens is 275 g/mol. The van der Waals surface area contributed by atoms with Gasteiger partial charge in [0.25, 0.3) is 0 Å². The second-order valence-electron chi connectivity index (χ2n) is 3.16. The molecule has 2 aromatic rings. The normalized spacial score (nSPS) is 10.4. The summed E-state index contributed by atoms with van der Waals surface area (Å²) in [7, 11) is 0. The van der Waals surface area contributed by atoms with Crippen LogP contribution in [0.1, 0.15) is 0 Å². The summed E-state index contributed by atoms with van der Waals surface area (Å²) in [5.41, 5.74) is 11.7. The van der Waals surface area contributed by atoms with Crippen LogP contribution >= 0.6 is 15.9 Å². The van der Waals surface area contributed by atoms with E-state index in [1.54, 1.807) is 12.1 Å². The molecule has 4 nitrogen and oxygen atoms in total. The van der Waals surface area contributed by atoms with Gasteiger partial charge in [0.15, 0.2) is 0 Å². The molecule has 0 atom stereocenters. The Bertz CT molecular complexity index is 524. The maximum atomic E-state index is 13.6. The van der Waals surface area contributed by atoms with Crippen molar-refractivity contribution < 1.29 is 4.39 Å². The average Bonchev–Trinajstić information content (AvgIpc) is 2.20. The zero-order valence-electron chi connectivity index (χ0n) is 8.11. The third-order valence-corrected chi connectivity index (χ3v) is 2.46. The van der Waals surface area contributed by atoms with Crippen LogP contribution in [-0.2, 0) is 0 Å². The summed E-state index contributed by atoms with van der Waals surface area (Å²) in [6.07, 6.45) is 0. The van der Waals surface area contributed by atoms with E-state index in [2.05, 4.69) is 25.9 Å². The number of nitrogen functional groups attached to an aromatic ring is 2. The Morgan fingerprint density at radius 3 is 2.56 bits per heavy atom. The summed E-state index contributed by atoms with van der Waals surface area (Å²) in [4.78, 5) is 7.65. The van der Waals surface area contributed by atoms with E-state index in [-0.39, 0.29) is 17.6 Å². The molecule has 0 aliphatic carbocycles. The van der Waals surface area contributed by atoms with Crippen LogP contribution in [0.5, 0.6) is 0 Å². The molecule has 2 rings (SSSR count). The van der Waals surface area contributed by atoms with Gasteiger partial charge in [-0.1, -0.05) is 15.9 Å². The lowest BCUT2D eigenvalue weighted by atomic mass is 10.1. The fraction of sp³-hybridized carbons (Fsp3) is 0. The minimum absolute atomic E-state index is 0.0226. The van der Waals surface area contributed by atoms with Crippen LogP contribution in [0.15, 0.2) is 28.7 Å². The van der Waals surface area contributed by atoms with Crippen molar-refractivity contribution in [3.63, 3.8) is 0 Å². The molecule has 0 fully saturated rings. The monoisotopic (exact) mass is 282 g/mol. The second kappa shape index (κ2) is 4.05. The Morgan fingerprint density at radius 2 is 1.88 bits per heavy atom. The lowest BCUT2D eigenvalue weighted by Gasteiger charge is -2.05. The highest BCUT2D eigenvalue weighted by molar-refractivity contribution is 9.10. The first-order valence-corrected chi connectivity index (χ1v) is 5.21. The van der Waals surface area contributed by atoms with Gasteiger partial charge in [0.05, 0.1) is 5.69 Å². The van der Waals surface area contributed by atoms with E-state index >= 15 is 0 Å². The van der Waals surface area contributed by atoms with Gasteiger partial charge in [-0.15, -0.1) is 0 Å². The van der Waals surface area contributed by atoms with Crippen LogP contribution < -0.4 is 11.5 Å². The van der Waals surface area contributed by atoms with Gasteiger partial charge in [0, 0.05) is 16.1 Å². The lowest BCUT2D eigenvalue weighted by Crippen LogP contribution is -2.01. The smallest absolute Gasteiger partial charge is 0.222 e. The molecule has 0 bridgehead atoms. The Balaban J connectivity index is 2.62. The van der Waals surface area contributed by atoms with E-state index in [0.717, 1.165) is 4.47 Å². The van der Waals surface area contributed by atoms with Gasteiger partial charge in [0.2, 0.25) is 5.95 Å². The van der Waals surface area contributed by atoms with E-state index in [1.165, 1.54) is 12.1 Å². The fourth-order valence-electron chi connectivity index (χ4n) is 1.32. The van der Waals surface area contributed by atoms with E-state index < -0.39 is 0 Å². The van der Waals surface area contributed by atoms with Crippen LogP contribution in [0.25, 0.3) is 11.3 Å². The van der Waals surface area contributed by atoms with Crippen molar-refractivity contribution in [1.29, 1.82) is 0 Å². The number of nitrogens with two attached hydrogens (primary N) is 2. The Hall–Kier alpha value is -1.69. The highest BCUT2D eigenvalue weighted by Crippen LogP contribution is 2.25. The van der Waals surface area contributed by atoms with Crippen LogP contribution in [-0.4, -0.2) is 9.97 Å². The molecule has 0 aliphatic rings. The van der Waals surface area contributed by atoms with E-state index in [9.17, 15) is 4.39 Å². The van der Waals surface area contributed by atoms with Crippen molar-refractivity contribution in [3.8, 4) is 11.3 Å². The molecule has 82 valence electrons. The molecule has 1 aromatic heterocycles. The van der Waals surface area contributed by atoms with Crippen molar-refractivity contribution in [3.05, 3.63) is 34.6 Å². The Kier molecular flexibility index (Phi) is 2.74. The summed E-state index contributed by atoms with van der Waals surface area (Å²) < 4.78 is 14.3. The van der Waals surface area contributed by atoms with Gasteiger partial charge in [0.1, 0.15) is 11.6 Å². The minimum atomic E-state index is -0.388. The lowest BCUT2D eigenvalue weighted by molar-refractivity contribution is 0.630. The number of anilines is 2.